The molecule has 1 unspecified atom stereocenters. The quantitative estimate of drug-likeness (QED) is 0.317. The Kier molecular flexibility index (Phi) is 6.58. The Bertz CT molecular complexity index is 1530. The lowest BCUT2D eigenvalue weighted by atomic mass is 9.94. The number of alkyl halides is 3. The zero-order valence-corrected chi connectivity index (χ0v) is 21.1. The van der Waals surface area contributed by atoms with Crippen molar-refractivity contribution in [1.29, 1.82) is 0 Å². The van der Waals surface area contributed by atoms with Gasteiger partial charge in [-0.3, -0.25) is 9.78 Å². The fourth-order valence-corrected chi connectivity index (χ4v) is 4.91. The van der Waals surface area contributed by atoms with Crippen LogP contribution in [0.4, 0.5) is 17.6 Å². The van der Waals surface area contributed by atoms with Gasteiger partial charge in [-0.05, 0) is 56.2 Å². The fourth-order valence-electron chi connectivity index (χ4n) is 4.91. The Morgan fingerprint density at radius 3 is 2.61 bits per heavy atom. The van der Waals surface area contributed by atoms with Gasteiger partial charge in [-0.1, -0.05) is 19.1 Å². The first kappa shape index (κ1) is 25.7. The molecular formula is C28H26F4N4O2. The minimum atomic E-state index is -4.53. The molecule has 0 fully saturated rings. The number of carbonyl (C=O) groups is 1. The summed E-state index contributed by atoms with van der Waals surface area (Å²) in [6.45, 7) is 5.47. The second kappa shape index (κ2) is 9.74. The molecule has 0 radical (unpaired) electrons. The molecule has 0 spiro atoms. The lowest BCUT2D eigenvalue weighted by molar-refractivity contribution is -0.137. The van der Waals surface area contributed by atoms with Crippen LogP contribution in [0.25, 0.3) is 5.65 Å². The van der Waals surface area contributed by atoms with Crippen LogP contribution >= 0.6 is 0 Å². The van der Waals surface area contributed by atoms with Crippen molar-refractivity contribution in [3.05, 3.63) is 93.9 Å². The second-order valence-electron chi connectivity index (χ2n) is 9.39. The minimum absolute atomic E-state index is 0.0891. The first-order valence-corrected chi connectivity index (χ1v) is 12.3. The van der Waals surface area contributed by atoms with Crippen LogP contribution in [0.15, 0.2) is 48.7 Å². The van der Waals surface area contributed by atoms with E-state index in [1.165, 1.54) is 21.6 Å². The van der Waals surface area contributed by atoms with E-state index in [0.29, 0.717) is 35.5 Å². The number of ether oxygens (including phenoxy) is 1. The second-order valence-corrected chi connectivity index (χ2v) is 9.39. The first-order chi connectivity index (χ1) is 18.1. The summed E-state index contributed by atoms with van der Waals surface area (Å²) < 4.78 is 62.7. The Morgan fingerprint density at radius 1 is 1.11 bits per heavy atom. The number of rotatable bonds is 5. The number of nitrogens with zero attached hydrogens (tertiary/aromatic N) is 4. The van der Waals surface area contributed by atoms with Crippen LogP contribution in [0.5, 0.6) is 5.75 Å². The first-order valence-electron chi connectivity index (χ1n) is 12.3. The third-order valence-electron chi connectivity index (χ3n) is 6.76. The van der Waals surface area contributed by atoms with Crippen molar-refractivity contribution in [1.82, 2.24) is 19.3 Å². The summed E-state index contributed by atoms with van der Waals surface area (Å²) >= 11 is 0. The summed E-state index contributed by atoms with van der Waals surface area (Å²) in [6, 6.07) is 9.30. The van der Waals surface area contributed by atoms with E-state index in [1.807, 2.05) is 13.8 Å². The number of carbonyl (C=O) groups excluding carboxylic acids is 1. The number of amides is 1. The molecule has 1 aliphatic rings. The van der Waals surface area contributed by atoms with E-state index < -0.39 is 23.6 Å². The van der Waals surface area contributed by atoms with Gasteiger partial charge in [0.25, 0.3) is 5.91 Å². The lowest BCUT2D eigenvalue weighted by Crippen LogP contribution is -2.43. The Hall–Kier alpha value is -3.95. The van der Waals surface area contributed by atoms with Crippen molar-refractivity contribution in [2.45, 2.75) is 45.8 Å². The smallest absolute Gasteiger partial charge is 0.416 e. The predicted molar refractivity (Wildman–Crippen MR) is 132 cm³/mol. The molecule has 0 bridgehead atoms. The summed E-state index contributed by atoms with van der Waals surface area (Å²) in [7, 11) is 0. The largest absolute Gasteiger partial charge is 0.482 e. The molecule has 38 heavy (non-hydrogen) atoms. The third-order valence-corrected chi connectivity index (χ3v) is 6.76. The predicted octanol–water partition coefficient (Wildman–Crippen LogP) is 5.62. The average molecular weight is 527 g/mol. The Morgan fingerprint density at radius 2 is 1.89 bits per heavy atom. The van der Waals surface area contributed by atoms with Crippen molar-refractivity contribution in [2.75, 3.05) is 13.2 Å². The van der Waals surface area contributed by atoms with E-state index in [4.69, 9.17) is 4.74 Å². The highest BCUT2D eigenvalue weighted by atomic mass is 19.4. The van der Waals surface area contributed by atoms with Gasteiger partial charge in [-0.25, -0.2) is 9.37 Å². The molecule has 5 rings (SSSR count). The highest BCUT2D eigenvalue weighted by Crippen LogP contribution is 2.38. The molecule has 4 aromatic rings. The highest BCUT2D eigenvalue weighted by Gasteiger charge is 2.38. The molecule has 6 nitrogen and oxygen atoms in total. The van der Waals surface area contributed by atoms with Crippen molar-refractivity contribution in [3.8, 4) is 5.75 Å². The number of hydrogen-bond acceptors (Lipinski definition) is 4. The number of pyridine rings is 2. The number of fused-ring (bicyclic) bond motifs is 3. The van der Waals surface area contributed by atoms with E-state index in [2.05, 4.69) is 9.97 Å². The maximum absolute atomic E-state index is 15.3. The van der Waals surface area contributed by atoms with E-state index in [-0.39, 0.29) is 30.3 Å². The van der Waals surface area contributed by atoms with Crippen LogP contribution in [0.2, 0.25) is 0 Å². The molecule has 0 aliphatic carbocycles. The molecule has 1 atom stereocenters. The normalized spacial score (nSPS) is 15.6. The zero-order valence-electron chi connectivity index (χ0n) is 21.1. The van der Waals surface area contributed by atoms with Gasteiger partial charge in [0.15, 0.2) is 6.61 Å². The van der Waals surface area contributed by atoms with Crippen LogP contribution in [0.3, 0.4) is 0 Å². The standard InChI is InChI=1S/C28H26F4N4O2/c1-4-21-23(8-6-17(3)33-21)38-15-25(37)36-12-10-22-27(26(36)19-7-5-16(2)13-20(19)29)35-11-9-18(28(30,31)32)14-24(35)34-22/h5-9,11,13-14,26H,4,10,12,15H2,1-3H3. The topological polar surface area (TPSA) is 59.7 Å². The number of benzene rings is 1. The molecule has 4 heterocycles. The van der Waals surface area contributed by atoms with Gasteiger partial charge >= 0.3 is 6.18 Å². The van der Waals surface area contributed by atoms with Crippen LogP contribution in [-0.4, -0.2) is 38.3 Å². The van der Waals surface area contributed by atoms with Gasteiger partial charge in [0.2, 0.25) is 0 Å². The summed E-state index contributed by atoms with van der Waals surface area (Å²) in [5, 5.41) is 0. The number of imidazole rings is 1. The SMILES string of the molecule is CCc1nc(C)ccc1OCC(=O)N1CCc2nc3cc(C(F)(F)F)ccn3c2C1c1ccc(C)cc1F. The number of halogens is 4. The van der Waals surface area contributed by atoms with Gasteiger partial charge < -0.3 is 14.0 Å². The zero-order chi connectivity index (χ0) is 27.2. The Labute approximate surface area is 216 Å². The number of aryl methyl sites for hydroxylation is 3. The molecular weight excluding hydrogens is 500 g/mol. The third kappa shape index (κ3) is 4.70. The maximum Gasteiger partial charge on any atom is 0.416 e. The van der Waals surface area contributed by atoms with Gasteiger partial charge in [-0.15, -0.1) is 0 Å². The highest BCUT2D eigenvalue weighted by molar-refractivity contribution is 5.79. The minimum Gasteiger partial charge on any atom is -0.482 e. The van der Waals surface area contributed by atoms with E-state index in [0.717, 1.165) is 23.5 Å². The average Bonchev–Trinajstić information content (AvgIpc) is 3.25. The van der Waals surface area contributed by atoms with Crippen LogP contribution in [-0.2, 0) is 23.8 Å². The van der Waals surface area contributed by atoms with Crippen molar-refractivity contribution < 1.29 is 27.1 Å². The number of hydrogen-bond donors (Lipinski definition) is 0. The maximum atomic E-state index is 15.3. The van der Waals surface area contributed by atoms with Gasteiger partial charge in [0, 0.05) is 30.4 Å². The van der Waals surface area contributed by atoms with Gasteiger partial charge in [-0.2, -0.15) is 13.2 Å². The van der Waals surface area contributed by atoms with E-state index in [1.54, 1.807) is 31.2 Å². The van der Waals surface area contributed by atoms with Crippen LogP contribution in [0.1, 0.15) is 52.4 Å². The van der Waals surface area contributed by atoms with Crippen LogP contribution in [0, 0.1) is 19.7 Å². The molecule has 3 aromatic heterocycles. The summed E-state index contributed by atoms with van der Waals surface area (Å²) in [4.78, 5) is 23.9. The van der Waals surface area contributed by atoms with Gasteiger partial charge in [0.1, 0.15) is 23.3 Å². The summed E-state index contributed by atoms with van der Waals surface area (Å²) in [5.74, 6) is -0.402. The van der Waals surface area contributed by atoms with Crippen molar-refractivity contribution in [2.24, 2.45) is 0 Å². The molecule has 1 aliphatic heterocycles. The molecule has 0 N–H and O–H groups in total. The molecule has 1 amide bonds. The molecule has 198 valence electrons. The summed E-state index contributed by atoms with van der Waals surface area (Å²) in [5.41, 5.74) is 2.74. The van der Waals surface area contributed by atoms with Gasteiger partial charge in [0.05, 0.1) is 22.6 Å². The summed E-state index contributed by atoms with van der Waals surface area (Å²) in [6.07, 6.45) is -2.32. The van der Waals surface area contributed by atoms with E-state index >= 15 is 4.39 Å². The molecule has 10 heteroatoms. The van der Waals surface area contributed by atoms with E-state index in [9.17, 15) is 18.0 Å². The lowest BCUT2D eigenvalue weighted by Gasteiger charge is -2.36. The van der Waals surface area contributed by atoms with Crippen molar-refractivity contribution >= 4 is 11.6 Å². The fraction of sp³-hybridized carbons (Fsp3) is 0.321. The number of aromatic nitrogens is 3. The Balaban J connectivity index is 1.55. The molecule has 0 saturated carbocycles. The van der Waals surface area contributed by atoms with Crippen molar-refractivity contribution in [3.63, 3.8) is 0 Å². The van der Waals surface area contributed by atoms with Crippen LogP contribution < -0.4 is 4.74 Å². The monoisotopic (exact) mass is 526 g/mol. The molecule has 0 saturated heterocycles. The molecule has 1 aromatic carbocycles.